The molecule has 3 rings (SSSR count). The Morgan fingerprint density at radius 3 is 2.33 bits per heavy atom. The lowest BCUT2D eigenvalue weighted by Gasteiger charge is -2.11. The van der Waals surface area contributed by atoms with Crippen LogP contribution in [0.4, 0.5) is 10.5 Å². The number of pyridine rings is 1. The summed E-state index contributed by atoms with van der Waals surface area (Å²) < 4.78 is 32.2. The number of sulfonamides is 1. The summed E-state index contributed by atoms with van der Waals surface area (Å²) in [5, 5.41) is 0.0203. The van der Waals surface area contributed by atoms with Crippen LogP contribution >= 0.6 is 11.6 Å². The van der Waals surface area contributed by atoms with Gasteiger partial charge in [-0.25, -0.2) is 18.2 Å². The number of hydrogen-bond donors (Lipinski definition) is 2. The predicted octanol–water partition coefficient (Wildman–Crippen LogP) is 3.66. The summed E-state index contributed by atoms with van der Waals surface area (Å²) in [7, 11) is -3.80. The summed E-state index contributed by atoms with van der Waals surface area (Å²) in [5.41, 5.74) is 6.45. The van der Waals surface area contributed by atoms with Gasteiger partial charge in [-0.2, -0.15) is 0 Å². The van der Waals surface area contributed by atoms with E-state index in [1.807, 2.05) is 0 Å². The standard InChI is InChI=1S/C18H14ClN3O4S/c19-17-16(22-27(24,25)15-4-2-1-3-5-15)10-13(11-21-17)12-6-8-14(9-7-12)26-18(20)23/h1-11,22H,(H2,20,23). The smallest absolute Gasteiger partial charge is 0.409 e. The molecule has 9 heteroatoms. The van der Waals surface area contributed by atoms with Crippen LogP contribution in [0.1, 0.15) is 0 Å². The maximum absolute atomic E-state index is 12.5. The van der Waals surface area contributed by atoms with Gasteiger partial charge in [0.2, 0.25) is 0 Å². The maximum atomic E-state index is 12.5. The Bertz CT molecular complexity index is 1070. The van der Waals surface area contributed by atoms with Gasteiger partial charge in [-0.1, -0.05) is 41.9 Å². The Morgan fingerprint density at radius 1 is 1.04 bits per heavy atom. The summed E-state index contributed by atoms with van der Waals surface area (Å²) in [4.78, 5) is 14.9. The molecular formula is C18H14ClN3O4S. The van der Waals surface area contributed by atoms with Crippen molar-refractivity contribution in [2.75, 3.05) is 4.72 Å². The topological polar surface area (TPSA) is 111 Å². The van der Waals surface area contributed by atoms with Crippen molar-refractivity contribution in [2.24, 2.45) is 5.73 Å². The van der Waals surface area contributed by atoms with Crippen molar-refractivity contribution in [3.05, 3.63) is 72.0 Å². The van der Waals surface area contributed by atoms with Crippen molar-refractivity contribution in [2.45, 2.75) is 4.90 Å². The summed E-state index contributed by atoms with van der Waals surface area (Å²) in [6.07, 6.45) is 0.598. The first kappa shape index (κ1) is 18.7. The van der Waals surface area contributed by atoms with E-state index in [1.165, 1.54) is 18.3 Å². The number of carbonyl (C=O) groups is 1. The average molecular weight is 404 g/mol. The van der Waals surface area contributed by atoms with Gasteiger partial charge < -0.3 is 10.5 Å². The lowest BCUT2D eigenvalue weighted by molar-refractivity contribution is 0.211. The Kier molecular flexibility index (Phi) is 5.29. The quantitative estimate of drug-likeness (QED) is 0.631. The molecule has 3 N–H and O–H groups in total. The van der Waals surface area contributed by atoms with Crippen LogP contribution in [-0.2, 0) is 10.0 Å². The second-order valence-corrected chi connectivity index (χ2v) is 7.47. The third-order valence-electron chi connectivity index (χ3n) is 3.54. The first-order chi connectivity index (χ1) is 12.8. The number of rotatable bonds is 5. The molecule has 1 aromatic heterocycles. The average Bonchev–Trinajstić information content (AvgIpc) is 2.64. The molecule has 3 aromatic rings. The number of ether oxygens (including phenoxy) is 1. The van der Waals surface area contributed by atoms with Gasteiger partial charge in [-0.05, 0) is 35.9 Å². The fourth-order valence-electron chi connectivity index (χ4n) is 2.31. The minimum Gasteiger partial charge on any atom is -0.411 e. The largest absolute Gasteiger partial charge is 0.411 e. The molecule has 0 fully saturated rings. The minimum atomic E-state index is -3.80. The number of nitrogens with one attached hydrogen (secondary N) is 1. The van der Waals surface area contributed by atoms with Crippen LogP contribution in [0.15, 0.2) is 71.8 Å². The van der Waals surface area contributed by atoms with Gasteiger partial charge in [-0.15, -0.1) is 0 Å². The number of hydrogen-bond acceptors (Lipinski definition) is 5. The SMILES string of the molecule is NC(=O)Oc1ccc(-c2cnc(Cl)c(NS(=O)(=O)c3ccccc3)c2)cc1. The number of anilines is 1. The normalized spacial score (nSPS) is 11.0. The number of nitrogens with zero attached hydrogens (tertiary/aromatic N) is 1. The molecule has 0 saturated carbocycles. The van der Waals surface area contributed by atoms with Crippen LogP contribution in [0.5, 0.6) is 5.75 Å². The first-order valence-electron chi connectivity index (χ1n) is 7.66. The Labute approximate surface area is 160 Å². The number of aromatic nitrogens is 1. The van der Waals surface area contributed by atoms with Crippen molar-refractivity contribution >= 4 is 33.4 Å². The van der Waals surface area contributed by atoms with E-state index in [0.717, 1.165) is 5.56 Å². The molecule has 0 bridgehead atoms. The lowest BCUT2D eigenvalue weighted by atomic mass is 10.1. The fourth-order valence-corrected chi connectivity index (χ4v) is 3.60. The zero-order chi connectivity index (χ0) is 19.4. The summed E-state index contributed by atoms with van der Waals surface area (Å²) in [6.45, 7) is 0. The van der Waals surface area contributed by atoms with E-state index in [0.29, 0.717) is 5.56 Å². The molecule has 0 aliphatic rings. The van der Waals surface area contributed by atoms with Crippen molar-refractivity contribution < 1.29 is 17.9 Å². The number of primary amides is 1. The Hall–Kier alpha value is -3.10. The molecule has 0 saturated heterocycles. The third-order valence-corrected chi connectivity index (χ3v) is 5.23. The highest BCUT2D eigenvalue weighted by Gasteiger charge is 2.16. The molecule has 1 amide bonds. The third kappa shape index (κ3) is 4.55. The summed E-state index contributed by atoms with van der Waals surface area (Å²) in [6, 6.07) is 16.0. The van der Waals surface area contributed by atoms with Gasteiger partial charge in [-0.3, -0.25) is 4.72 Å². The number of nitrogens with two attached hydrogens (primary N) is 1. The van der Waals surface area contributed by atoms with E-state index in [4.69, 9.17) is 22.1 Å². The van der Waals surface area contributed by atoms with E-state index in [2.05, 4.69) is 9.71 Å². The van der Waals surface area contributed by atoms with E-state index in [9.17, 15) is 13.2 Å². The number of halogens is 1. The fraction of sp³-hybridized carbons (Fsp3) is 0. The second-order valence-electron chi connectivity index (χ2n) is 5.43. The molecule has 0 radical (unpaired) electrons. The highest BCUT2D eigenvalue weighted by atomic mass is 35.5. The van der Waals surface area contributed by atoms with Crippen molar-refractivity contribution in [1.82, 2.24) is 4.98 Å². The van der Waals surface area contributed by atoms with Crippen molar-refractivity contribution in [3.63, 3.8) is 0 Å². The molecule has 0 aliphatic carbocycles. The van der Waals surface area contributed by atoms with Gasteiger partial charge in [0.25, 0.3) is 10.0 Å². The molecule has 2 aromatic carbocycles. The van der Waals surface area contributed by atoms with Gasteiger partial charge in [0.05, 0.1) is 10.6 Å². The zero-order valence-corrected chi connectivity index (χ0v) is 15.4. The zero-order valence-electron chi connectivity index (χ0n) is 13.8. The number of benzene rings is 2. The Morgan fingerprint density at radius 2 is 1.70 bits per heavy atom. The van der Waals surface area contributed by atoms with Crippen LogP contribution in [0.3, 0.4) is 0 Å². The summed E-state index contributed by atoms with van der Waals surface area (Å²) in [5.74, 6) is 0.290. The molecular weight excluding hydrogens is 390 g/mol. The van der Waals surface area contributed by atoms with Crippen molar-refractivity contribution in [1.29, 1.82) is 0 Å². The monoisotopic (exact) mass is 403 g/mol. The van der Waals surface area contributed by atoms with Crippen LogP contribution in [0.2, 0.25) is 5.15 Å². The lowest BCUT2D eigenvalue weighted by Crippen LogP contribution is -2.16. The molecule has 1 heterocycles. The number of amides is 1. The number of carbonyl (C=O) groups excluding carboxylic acids is 1. The molecule has 138 valence electrons. The highest BCUT2D eigenvalue weighted by molar-refractivity contribution is 7.92. The van der Waals surface area contributed by atoms with Gasteiger partial charge >= 0.3 is 6.09 Å². The molecule has 0 unspecified atom stereocenters. The van der Waals surface area contributed by atoms with Crippen LogP contribution in [0, 0.1) is 0 Å². The van der Waals surface area contributed by atoms with Gasteiger partial charge in [0, 0.05) is 11.8 Å². The predicted molar refractivity (Wildman–Crippen MR) is 102 cm³/mol. The molecule has 0 aliphatic heterocycles. The maximum Gasteiger partial charge on any atom is 0.409 e. The molecule has 27 heavy (non-hydrogen) atoms. The van der Waals surface area contributed by atoms with Crippen LogP contribution in [0.25, 0.3) is 11.1 Å². The highest BCUT2D eigenvalue weighted by Crippen LogP contribution is 2.29. The molecule has 7 nitrogen and oxygen atoms in total. The Balaban J connectivity index is 1.90. The van der Waals surface area contributed by atoms with E-state index < -0.39 is 16.1 Å². The molecule has 0 spiro atoms. The van der Waals surface area contributed by atoms with E-state index in [-0.39, 0.29) is 21.5 Å². The second kappa shape index (κ2) is 7.65. The van der Waals surface area contributed by atoms with E-state index in [1.54, 1.807) is 48.5 Å². The van der Waals surface area contributed by atoms with Crippen LogP contribution < -0.4 is 15.2 Å². The van der Waals surface area contributed by atoms with Gasteiger partial charge in [0.15, 0.2) is 5.15 Å². The molecule has 0 atom stereocenters. The van der Waals surface area contributed by atoms with E-state index >= 15 is 0 Å². The van der Waals surface area contributed by atoms with Crippen molar-refractivity contribution in [3.8, 4) is 16.9 Å². The van der Waals surface area contributed by atoms with Crippen LogP contribution in [-0.4, -0.2) is 19.5 Å². The minimum absolute atomic E-state index is 0.0203. The van der Waals surface area contributed by atoms with Gasteiger partial charge in [0.1, 0.15) is 5.75 Å². The summed E-state index contributed by atoms with van der Waals surface area (Å²) >= 11 is 6.05. The first-order valence-corrected chi connectivity index (χ1v) is 9.52.